The van der Waals surface area contributed by atoms with Crippen LogP contribution in [0.5, 0.6) is 5.75 Å². The van der Waals surface area contributed by atoms with Gasteiger partial charge < -0.3 is 19.5 Å². The van der Waals surface area contributed by atoms with Crippen molar-refractivity contribution in [2.45, 2.75) is 37.8 Å². The van der Waals surface area contributed by atoms with Crippen molar-refractivity contribution in [1.82, 2.24) is 19.9 Å². The number of nitrogens with zero attached hydrogens (tertiary/aromatic N) is 2. The third kappa shape index (κ3) is 2.82. The van der Waals surface area contributed by atoms with Crippen LogP contribution in [0.1, 0.15) is 29.9 Å². The molecule has 2 aliphatic rings. The van der Waals surface area contributed by atoms with Crippen LogP contribution < -0.4 is 21.3 Å². The van der Waals surface area contributed by atoms with Crippen LogP contribution in [-0.4, -0.2) is 34.2 Å². The maximum absolute atomic E-state index is 13.1. The van der Waals surface area contributed by atoms with Crippen molar-refractivity contribution in [1.29, 1.82) is 0 Å². The zero-order chi connectivity index (χ0) is 21.8. The predicted molar refractivity (Wildman–Crippen MR) is 120 cm³/mol. The van der Waals surface area contributed by atoms with E-state index in [4.69, 9.17) is 9.15 Å². The first kappa shape index (κ1) is 19.3. The Kier molecular flexibility index (Phi) is 4.43. The molecule has 0 saturated carbocycles. The van der Waals surface area contributed by atoms with E-state index < -0.39 is 11.2 Å². The summed E-state index contributed by atoms with van der Waals surface area (Å²) in [6, 6.07) is 9.99. The molecule has 1 aliphatic carbocycles. The van der Waals surface area contributed by atoms with Gasteiger partial charge in [0, 0.05) is 24.7 Å². The fourth-order valence-electron chi connectivity index (χ4n) is 5.67. The van der Waals surface area contributed by atoms with Gasteiger partial charge >= 0.3 is 5.69 Å². The van der Waals surface area contributed by atoms with Crippen LogP contribution in [0.3, 0.4) is 0 Å². The molecule has 6 rings (SSSR count). The summed E-state index contributed by atoms with van der Waals surface area (Å²) in [5.74, 6) is 1.85. The monoisotopic (exact) mass is 432 g/mol. The average Bonchev–Trinajstić information content (AvgIpc) is 3.40. The number of benzene rings is 1. The molecular weight excluding hydrogens is 408 g/mol. The van der Waals surface area contributed by atoms with Gasteiger partial charge in [-0.1, -0.05) is 12.1 Å². The minimum Gasteiger partial charge on any atom is -0.496 e. The highest BCUT2D eigenvalue weighted by Crippen LogP contribution is 2.45. The van der Waals surface area contributed by atoms with Crippen molar-refractivity contribution < 1.29 is 9.15 Å². The molecule has 8 heteroatoms. The second kappa shape index (κ2) is 7.34. The van der Waals surface area contributed by atoms with Gasteiger partial charge in [-0.2, -0.15) is 0 Å². The summed E-state index contributed by atoms with van der Waals surface area (Å²) in [6.45, 7) is 1.26. The number of methoxy groups -OCH3 is 1. The van der Waals surface area contributed by atoms with Crippen LogP contribution in [0.25, 0.3) is 22.2 Å². The standard InChI is InChI=1S/C24H24N4O4/c1-31-18-6-2-4-15-14(18)8-7-13-12-26-17(19(13)15)9-11-28-23(29)21-20(27-24(28)30)16-5-3-10-25-22(16)32-21/h2-6,10,13,17,19,26H,7-9,11-12H2,1H3,(H,27,30)/t13-,17?,19+/m0/s1. The fraction of sp³-hybridized carbons (Fsp3) is 0.375. The maximum Gasteiger partial charge on any atom is 0.329 e. The molecule has 4 aromatic rings. The third-order valence-electron chi connectivity index (χ3n) is 7.14. The highest BCUT2D eigenvalue weighted by Gasteiger charge is 2.40. The Labute approximate surface area is 183 Å². The molecule has 8 nitrogen and oxygen atoms in total. The van der Waals surface area contributed by atoms with Crippen molar-refractivity contribution in [3.05, 3.63) is 68.5 Å². The summed E-state index contributed by atoms with van der Waals surface area (Å²) in [5.41, 5.74) is 2.68. The Hall–Kier alpha value is -3.39. The summed E-state index contributed by atoms with van der Waals surface area (Å²) in [6.07, 6.45) is 4.40. The molecule has 0 bridgehead atoms. The number of nitrogens with one attached hydrogen (secondary N) is 2. The van der Waals surface area contributed by atoms with Crippen LogP contribution in [0.15, 0.2) is 50.5 Å². The number of ether oxygens (including phenoxy) is 1. The van der Waals surface area contributed by atoms with Crippen molar-refractivity contribution in [3.8, 4) is 5.75 Å². The molecule has 1 unspecified atom stereocenters. The molecule has 3 atom stereocenters. The molecule has 0 amide bonds. The molecule has 1 saturated heterocycles. The van der Waals surface area contributed by atoms with Crippen LogP contribution in [-0.2, 0) is 13.0 Å². The first-order valence-electron chi connectivity index (χ1n) is 11.0. The Morgan fingerprint density at radius 1 is 1.25 bits per heavy atom. The SMILES string of the molecule is COc1cccc2c1CC[C@H]1CNC(CCn3c(=O)[nH]c4c(oc5ncccc54)c3=O)[C@@H]21. The van der Waals surface area contributed by atoms with E-state index in [0.29, 0.717) is 41.4 Å². The molecule has 0 radical (unpaired) electrons. The molecule has 4 heterocycles. The highest BCUT2D eigenvalue weighted by atomic mass is 16.5. The average molecular weight is 432 g/mol. The fourth-order valence-corrected chi connectivity index (χ4v) is 5.67. The van der Waals surface area contributed by atoms with Gasteiger partial charge in [-0.15, -0.1) is 0 Å². The summed E-state index contributed by atoms with van der Waals surface area (Å²) in [7, 11) is 1.72. The van der Waals surface area contributed by atoms with Crippen molar-refractivity contribution in [2.75, 3.05) is 13.7 Å². The van der Waals surface area contributed by atoms with Gasteiger partial charge in [0.1, 0.15) is 11.3 Å². The lowest BCUT2D eigenvalue weighted by Crippen LogP contribution is -2.37. The van der Waals surface area contributed by atoms with E-state index in [0.717, 1.165) is 25.1 Å². The minimum atomic E-state index is -0.422. The number of aromatic nitrogens is 3. The zero-order valence-electron chi connectivity index (χ0n) is 17.8. The van der Waals surface area contributed by atoms with Crippen molar-refractivity contribution in [2.24, 2.45) is 5.92 Å². The van der Waals surface area contributed by atoms with Gasteiger partial charge in [0.2, 0.25) is 11.3 Å². The van der Waals surface area contributed by atoms with Crippen LogP contribution in [0.2, 0.25) is 0 Å². The smallest absolute Gasteiger partial charge is 0.329 e. The molecule has 1 aromatic carbocycles. The number of furan rings is 1. The summed E-state index contributed by atoms with van der Waals surface area (Å²) < 4.78 is 12.5. The Balaban J connectivity index is 1.33. The van der Waals surface area contributed by atoms with Gasteiger partial charge in [-0.3, -0.25) is 9.36 Å². The first-order chi connectivity index (χ1) is 15.7. The topological polar surface area (TPSA) is 102 Å². The Morgan fingerprint density at radius 3 is 3.03 bits per heavy atom. The normalized spacial score (nSPS) is 22.2. The molecule has 1 aliphatic heterocycles. The molecule has 164 valence electrons. The minimum absolute atomic E-state index is 0.142. The summed E-state index contributed by atoms with van der Waals surface area (Å²) in [4.78, 5) is 32.8. The summed E-state index contributed by atoms with van der Waals surface area (Å²) >= 11 is 0. The number of pyridine rings is 1. The molecule has 3 aromatic heterocycles. The van der Waals surface area contributed by atoms with Gasteiger partial charge in [0.05, 0.1) is 12.5 Å². The summed E-state index contributed by atoms with van der Waals surface area (Å²) in [5, 5.41) is 4.28. The van der Waals surface area contributed by atoms with E-state index >= 15 is 0 Å². The van der Waals surface area contributed by atoms with E-state index in [1.54, 1.807) is 25.4 Å². The van der Waals surface area contributed by atoms with Gasteiger partial charge in [-0.05, 0) is 61.1 Å². The number of H-pyrrole nitrogens is 1. The predicted octanol–water partition coefficient (Wildman–Crippen LogP) is 2.55. The number of hydrogen-bond acceptors (Lipinski definition) is 6. The largest absolute Gasteiger partial charge is 0.496 e. The van der Waals surface area contributed by atoms with Crippen LogP contribution in [0, 0.1) is 5.92 Å². The lowest BCUT2D eigenvalue weighted by molar-refractivity contribution is 0.370. The van der Waals surface area contributed by atoms with Crippen molar-refractivity contribution in [3.63, 3.8) is 0 Å². The molecule has 32 heavy (non-hydrogen) atoms. The molecule has 0 spiro atoms. The number of hydrogen-bond donors (Lipinski definition) is 2. The quantitative estimate of drug-likeness (QED) is 0.514. The van der Waals surface area contributed by atoms with E-state index in [-0.39, 0.29) is 11.6 Å². The first-order valence-corrected chi connectivity index (χ1v) is 11.0. The number of rotatable bonds is 4. The second-order valence-corrected chi connectivity index (χ2v) is 8.71. The number of aromatic amines is 1. The highest BCUT2D eigenvalue weighted by molar-refractivity contribution is 6.00. The van der Waals surface area contributed by atoms with Crippen LogP contribution in [0.4, 0.5) is 0 Å². The number of fused-ring (bicyclic) bond motifs is 6. The Morgan fingerprint density at radius 2 is 2.16 bits per heavy atom. The Bertz CT molecular complexity index is 1450. The van der Waals surface area contributed by atoms with E-state index in [2.05, 4.69) is 21.4 Å². The molecular formula is C24H24N4O4. The lowest BCUT2D eigenvalue weighted by Gasteiger charge is -2.32. The molecule has 2 N–H and O–H groups in total. The third-order valence-corrected chi connectivity index (χ3v) is 7.14. The molecule has 1 fully saturated rings. The second-order valence-electron chi connectivity index (χ2n) is 8.71. The van der Waals surface area contributed by atoms with Gasteiger partial charge in [0.25, 0.3) is 5.56 Å². The lowest BCUT2D eigenvalue weighted by atomic mass is 9.73. The van der Waals surface area contributed by atoms with E-state index in [9.17, 15) is 9.59 Å². The van der Waals surface area contributed by atoms with Crippen molar-refractivity contribution >= 4 is 22.2 Å². The van der Waals surface area contributed by atoms with Gasteiger partial charge in [0.15, 0.2) is 0 Å². The maximum atomic E-state index is 13.1. The van der Waals surface area contributed by atoms with Gasteiger partial charge in [-0.25, -0.2) is 9.78 Å². The van der Waals surface area contributed by atoms with E-state index in [1.807, 2.05) is 12.1 Å². The van der Waals surface area contributed by atoms with E-state index in [1.165, 1.54) is 15.7 Å². The van der Waals surface area contributed by atoms with Crippen LogP contribution >= 0.6 is 0 Å². The zero-order valence-corrected chi connectivity index (χ0v) is 17.8.